The van der Waals surface area contributed by atoms with Crippen LogP contribution >= 0.6 is 24.0 Å². The van der Waals surface area contributed by atoms with Crippen molar-refractivity contribution >= 4 is 34.2 Å². The van der Waals surface area contributed by atoms with E-state index in [4.69, 9.17) is 12.2 Å². The molecule has 2 nitrogen and oxygen atoms in total. The molecule has 0 bridgehead atoms. The van der Waals surface area contributed by atoms with Crippen molar-refractivity contribution in [2.75, 3.05) is 12.3 Å². The Balaban J connectivity index is 1.78. The summed E-state index contributed by atoms with van der Waals surface area (Å²) in [5.41, 5.74) is 0. The van der Waals surface area contributed by atoms with Gasteiger partial charge >= 0.3 is 0 Å². The summed E-state index contributed by atoms with van der Waals surface area (Å²) in [6, 6.07) is 0. The van der Waals surface area contributed by atoms with Crippen LogP contribution in [-0.2, 0) is 4.79 Å². The summed E-state index contributed by atoms with van der Waals surface area (Å²) in [5, 5.41) is 0. The molecule has 1 amide bonds. The number of thiocarbonyl (C=S) groups is 1. The second kappa shape index (κ2) is 4.62. The molecule has 78 valence electrons. The van der Waals surface area contributed by atoms with Gasteiger partial charge in [0.2, 0.25) is 5.91 Å². The molecule has 2 aliphatic rings. The van der Waals surface area contributed by atoms with Crippen LogP contribution in [0.15, 0.2) is 0 Å². The van der Waals surface area contributed by atoms with Crippen molar-refractivity contribution in [3.8, 4) is 0 Å². The smallest absolute Gasteiger partial charge is 0.238 e. The Morgan fingerprint density at radius 2 is 2.14 bits per heavy atom. The van der Waals surface area contributed by atoms with Crippen LogP contribution in [-0.4, -0.2) is 27.4 Å². The Kier molecular flexibility index (Phi) is 3.44. The zero-order valence-electron chi connectivity index (χ0n) is 8.20. The molecule has 0 N–H and O–H groups in total. The van der Waals surface area contributed by atoms with Crippen molar-refractivity contribution in [3.63, 3.8) is 0 Å². The first-order chi connectivity index (χ1) is 6.77. The molecule has 1 saturated carbocycles. The van der Waals surface area contributed by atoms with E-state index in [1.165, 1.54) is 37.4 Å². The van der Waals surface area contributed by atoms with Crippen LogP contribution in [0, 0.1) is 5.92 Å². The van der Waals surface area contributed by atoms with Crippen molar-refractivity contribution in [1.82, 2.24) is 4.90 Å². The number of amides is 1. The number of carbonyl (C=O) groups is 1. The van der Waals surface area contributed by atoms with Gasteiger partial charge in [0.25, 0.3) is 0 Å². The van der Waals surface area contributed by atoms with E-state index in [1.54, 1.807) is 4.90 Å². The average Bonchev–Trinajstić information content (AvgIpc) is 2.76. The molecule has 0 aromatic heterocycles. The van der Waals surface area contributed by atoms with Crippen molar-refractivity contribution in [2.45, 2.75) is 32.1 Å². The Labute approximate surface area is 94.4 Å². The van der Waals surface area contributed by atoms with E-state index in [-0.39, 0.29) is 5.91 Å². The number of nitrogens with zero attached hydrogens (tertiary/aromatic N) is 1. The molecule has 1 aliphatic heterocycles. The number of thioether (sulfide) groups is 1. The van der Waals surface area contributed by atoms with Crippen molar-refractivity contribution in [2.24, 2.45) is 5.92 Å². The summed E-state index contributed by atoms with van der Waals surface area (Å²) in [5.74, 6) is 1.61. The molecule has 0 aromatic carbocycles. The van der Waals surface area contributed by atoms with E-state index in [9.17, 15) is 4.79 Å². The van der Waals surface area contributed by atoms with E-state index < -0.39 is 0 Å². The molecule has 0 atom stereocenters. The summed E-state index contributed by atoms with van der Waals surface area (Å²) in [6.45, 7) is 0.856. The lowest BCUT2D eigenvalue weighted by Crippen LogP contribution is -2.30. The fourth-order valence-corrected chi connectivity index (χ4v) is 3.33. The first-order valence-corrected chi connectivity index (χ1v) is 6.64. The van der Waals surface area contributed by atoms with Crippen molar-refractivity contribution in [1.29, 1.82) is 0 Å². The SMILES string of the molecule is O=C1CSC(=S)N1CCC1CCCC1. The fourth-order valence-electron chi connectivity index (χ4n) is 2.21. The van der Waals surface area contributed by atoms with Crippen LogP contribution in [0.5, 0.6) is 0 Å². The Bertz CT molecular complexity index is 233. The largest absolute Gasteiger partial charge is 0.297 e. The first-order valence-electron chi connectivity index (χ1n) is 5.24. The van der Waals surface area contributed by atoms with E-state index in [0.29, 0.717) is 5.75 Å². The minimum atomic E-state index is 0.206. The second-order valence-corrected chi connectivity index (χ2v) is 5.65. The van der Waals surface area contributed by atoms with Crippen LogP contribution in [0.3, 0.4) is 0 Å². The van der Waals surface area contributed by atoms with Crippen LogP contribution in [0.25, 0.3) is 0 Å². The Morgan fingerprint density at radius 1 is 1.43 bits per heavy atom. The second-order valence-electron chi connectivity index (χ2n) is 4.04. The molecule has 1 aliphatic carbocycles. The summed E-state index contributed by atoms with van der Waals surface area (Å²) < 4.78 is 0.785. The highest BCUT2D eigenvalue weighted by Crippen LogP contribution is 2.29. The molecule has 4 heteroatoms. The van der Waals surface area contributed by atoms with Gasteiger partial charge in [-0.15, -0.1) is 0 Å². The minimum Gasteiger partial charge on any atom is -0.297 e. The average molecular weight is 229 g/mol. The third kappa shape index (κ3) is 2.28. The summed E-state index contributed by atoms with van der Waals surface area (Å²) in [4.78, 5) is 13.2. The number of carbonyl (C=O) groups excluding carboxylic acids is 1. The molecule has 0 radical (unpaired) electrons. The predicted octanol–water partition coefficient (Wildman–Crippen LogP) is 2.43. The summed E-state index contributed by atoms with van der Waals surface area (Å²) in [7, 11) is 0. The predicted molar refractivity (Wildman–Crippen MR) is 63.3 cm³/mol. The lowest BCUT2D eigenvalue weighted by atomic mass is 10.0. The zero-order valence-corrected chi connectivity index (χ0v) is 9.83. The van der Waals surface area contributed by atoms with Gasteiger partial charge in [-0.05, 0) is 12.3 Å². The molecule has 1 saturated heterocycles. The van der Waals surface area contributed by atoms with Gasteiger partial charge in [-0.2, -0.15) is 0 Å². The van der Waals surface area contributed by atoms with Crippen LogP contribution in [0.4, 0.5) is 0 Å². The molecule has 2 rings (SSSR count). The van der Waals surface area contributed by atoms with Gasteiger partial charge in [0.05, 0.1) is 5.75 Å². The third-order valence-corrected chi connectivity index (χ3v) is 4.51. The minimum absolute atomic E-state index is 0.206. The standard InChI is InChI=1S/C10H15NOS2/c12-9-7-14-10(13)11(9)6-5-8-3-1-2-4-8/h8H,1-7H2. The molecule has 14 heavy (non-hydrogen) atoms. The molecular weight excluding hydrogens is 214 g/mol. The van der Waals surface area contributed by atoms with E-state index in [0.717, 1.165) is 23.2 Å². The van der Waals surface area contributed by atoms with E-state index in [1.807, 2.05) is 0 Å². The van der Waals surface area contributed by atoms with Gasteiger partial charge in [0, 0.05) is 6.54 Å². The maximum Gasteiger partial charge on any atom is 0.238 e. The molecular formula is C10H15NOS2. The van der Waals surface area contributed by atoms with Gasteiger partial charge < -0.3 is 0 Å². The van der Waals surface area contributed by atoms with Gasteiger partial charge in [-0.25, -0.2) is 0 Å². The lowest BCUT2D eigenvalue weighted by Gasteiger charge is -2.17. The van der Waals surface area contributed by atoms with Crippen LogP contribution in [0.2, 0.25) is 0 Å². The normalized spacial score (nSPS) is 23.9. The number of hydrogen-bond donors (Lipinski definition) is 0. The highest BCUT2D eigenvalue weighted by Gasteiger charge is 2.27. The van der Waals surface area contributed by atoms with Gasteiger partial charge in [0.15, 0.2) is 0 Å². The maximum absolute atomic E-state index is 11.4. The highest BCUT2D eigenvalue weighted by molar-refractivity contribution is 8.23. The highest BCUT2D eigenvalue weighted by atomic mass is 32.2. The summed E-state index contributed by atoms with van der Waals surface area (Å²) >= 11 is 6.63. The number of rotatable bonds is 3. The van der Waals surface area contributed by atoms with Crippen molar-refractivity contribution < 1.29 is 4.79 Å². The zero-order chi connectivity index (χ0) is 9.97. The Morgan fingerprint density at radius 3 is 2.71 bits per heavy atom. The van der Waals surface area contributed by atoms with Crippen LogP contribution in [0.1, 0.15) is 32.1 Å². The van der Waals surface area contributed by atoms with Gasteiger partial charge in [-0.1, -0.05) is 49.7 Å². The van der Waals surface area contributed by atoms with Gasteiger partial charge in [0.1, 0.15) is 4.32 Å². The molecule has 0 aromatic rings. The van der Waals surface area contributed by atoms with Crippen LogP contribution < -0.4 is 0 Å². The monoisotopic (exact) mass is 229 g/mol. The first kappa shape index (κ1) is 10.4. The quantitative estimate of drug-likeness (QED) is 0.693. The molecule has 0 spiro atoms. The molecule has 2 fully saturated rings. The van der Waals surface area contributed by atoms with E-state index in [2.05, 4.69) is 0 Å². The molecule has 0 unspecified atom stereocenters. The number of hydrogen-bond acceptors (Lipinski definition) is 3. The topological polar surface area (TPSA) is 20.3 Å². The lowest BCUT2D eigenvalue weighted by molar-refractivity contribution is -0.124. The Hall–Kier alpha value is -0.0900. The summed E-state index contributed by atoms with van der Waals surface area (Å²) in [6.07, 6.45) is 6.59. The van der Waals surface area contributed by atoms with Gasteiger partial charge in [-0.3, -0.25) is 9.69 Å². The molecule has 1 heterocycles. The maximum atomic E-state index is 11.4. The third-order valence-electron chi connectivity index (χ3n) is 3.08. The van der Waals surface area contributed by atoms with Crippen molar-refractivity contribution in [3.05, 3.63) is 0 Å². The van der Waals surface area contributed by atoms with E-state index >= 15 is 0 Å². The fraction of sp³-hybridized carbons (Fsp3) is 0.800.